The smallest absolute Gasteiger partial charge is 0.271 e. The minimum atomic E-state index is -0.168. The quantitative estimate of drug-likeness (QED) is 0.811. The largest absolute Gasteiger partial charge is 0.369 e. The first-order chi connectivity index (χ1) is 8.58. The minimum Gasteiger partial charge on any atom is -0.369 e. The number of hydrogen-bond acceptors (Lipinski definition) is 4. The number of carbonyl (C=O) groups is 1. The molecule has 0 aromatic carbocycles. The van der Waals surface area contributed by atoms with Crippen molar-refractivity contribution in [2.24, 2.45) is 5.92 Å². The molecule has 0 aliphatic carbocycles. The summed E-state index contributed by atoms with van der Waals surface area (Å²) in [6.07, 6.45) is 4.11. The fraction of sp³-hybridized carbons (Fsp3) is 0.615. The Balaban J connectivity index is 2.61. The van der Waals surface area contributed by atoms with E-state index in [1.165, 1.54) is 6.20 Å². The lowest BCUT2D eigenvalue weighted by Gasteiger charge is -2.19. The summed E-state index contributed by atoms with van der Waals surface area (Å²) in [6, 6.07) is 0.137. The molecule has 0 spiro atoms. The summed E-state index contributed by atoms with van der Waals surface area (Å²) in [4.78, 5) is 20.1. The second-order valence-corrected chi connectivity index (χ2v) is 4.46. The second-order valence-electron chi connectivity index (χ2n) is 4.46. The fourth-order valence-corrected chi connectivity index (χ4v) is 1.49. The third kappa shape index (κ3) is 3.98. The third-order valence-corrected chi connectivity index (χ3v) is 3.10. The van der Waals surface area contributed by atoms with Crippen LogP contribution in [-0.4, -0.2) is 28.5 Å². The van der Waals surface area contributed by atoms with E-state index in [9.17, 15) is 4.79 Å². The van der Waals surface area contributed by atoms with Crippen LogP contribution in [0.15, 0.2) is 12.4 Å². The molecule has 18 heavy (non-hydrogen) atoms. The molecule has 1 rings (SSSR count). The zero-order valence-corrected chi connectivity index (χ0v) is 11.5. The zero-order valence-electron chi connectivity index (χ0n) is 11.5. The Kier molecular flexibility index (Phi) is 5.55. The van der Waals surface area contributed by atoms with Gasteiger partial charge in [0.25, 0.3) is 5.91 Å². The first kappa shape index (κ1) is 14.4. The van der Waals surface area contributed by atoms with Crippen LogP contribution in [0, 0.1) is 5.92 Å². The van der Waals surface area contributed by atoms with Gasteiger partial charge in [-0.1, -0.05) is 20.3 Å². The van der Waals surface area contributed by atoms with Gasteiger partial charge in [0.05, 0.1) is 12.4 Å². The monoisotopic (exact) mass is 250 g/mol. The van der Waals surface area contributed by atoms with E-state index in [2.05, 4.69) is 34.4 Å². The van der Waals surface area contributed by atoms with E-state index in [0.29, 0.717) is 17.4 Å². The molecule has 1 aromatic rings. The van der Waals surface area contributed by atoms with Crippen LogP contribution in [0.3, 0.4) is 0 Å². The van der Waals surface area contributed by atoms with E-state index in [-0.39, 0.29) is 11.9 Å². The van der Waals surface area contributed by atoms with Crippen molar-refractivity contribution in [3.8, 4) is 0 Å². The van der Waals surface area contributed by atoms with Crippen LogP contribution in [0.5, 0.6) is 0 Å². The Morgan fingerprint density at radius 3 is 2.50 bits per heavy atom. The average molecular weight is 250 g/mol. The van der Waals surface area contributed by atoms with Gasteiger partial charge in [0.2, 0.25) is 0 Å². The van der Waals surface area contributed by atoms with Crippen molar-refractivity contribution in [3.63, 3.8) is 0 Å². The Morgan fingerprint density at radius 1 is 1.28 bits per heavy atom. The highest BCUT2D eigenvalue weighted by Crippen LogP contribution is 2.07. The van der Waals surface area contributed by atoms with Crippen LogP contribution in [-0.2, 0) is 0 Å². The maximum atomic E-state index is 11.9. The van der Waals surface area contributed by atoms with Crippen LogP contribution < -0.4 is 10.6 Å². The highest BCUT2D eigenvalue weighted by Gasteiger charge is 2.15. The van der Waals surface area contributed by atoms with Crippen LogP contribution in [0.1, 0.15) is 44.6 Å². The summed E-state index contributed by atoms with van der Waals surface area (Å²) >= 11 is 0. The molecule has 5 heteroatoms. The molecule has 0 fully saturated rings. The Morgan fingerprint density at radius 2 is 2.00 bits per heavy atom. The molecule has 0 bridgehead atoms. The summed E-state index contributed by atoms with van der Waals surface area (Å²) in [6.45, 7) is 9.00. The lowest BCUT2D eigenvalue weighted by molar-refractivity contribution is 0.0922. The van der Waals surface area contributed by atoms with Gasteiger partial charge in [-0.25, -0.2) is 9.97 Å². The van der Waals surface area contributed by atoms with Crippen molar-refractivity contribution < 1.29 is 4.79 Å². The molecule has 0 saturated carbocycles. The summed E-state index contributed by atoms with van der Waals surface area (Å²) in [5.74, 6) is 0.963. The SMILES string of the molecule is CCNc1cnc(C(=O)NC(C)C(C)CC)cn1. The van der Waals surface area contributed by atoms with Crippen molar-refractivity contribution in [1.29, 1.82) is 0 Å². The van der Waals surface area contributed by atoms with Crippen LogP contribution in [0.25, 0.3) is 0 Å². The van der Waals surface area contributed by atoms with Gasteiger partial charge in [-0.15, -0.1) is 0 Å². The van der Waals surface area contributed by atoms with Gasteiger partial charge in [-0.3, -0.25) is 4.79 Å². The van der Waals surface area contributed by atoms with E-state index in [1.807, 2.05) is 13.8 Å². The number of nitrogens with one attached hydrogen (secondary N) is 2. The zero-order chi connectivity index (χ0) is 13.5. The Hall–Kier alpha value is -1.65. The van der Waals surface area contributed by atoms with E-state index in [0.717, 1.165) is 13.0 Å². The van der Waals surface area contributed by atoms with Gasteiger partial charge in [0.15, 0.2) is 0 Å². The number of aromatic nitrogens is 2. The summed E-state index contributed by atoms with van der Waals surface area (Å²) in [5.41, 5.74) is 0.354. The molecule has 1 amide bonds. The molecule has 0 aliphatic rings. The highest BCUT2D eigenvalue weighted by atomic mass is 16.1. The summed E-state index contributed by atoms with van der Waals surface area (Å²) in [5, 5.41) is 5.97. The van der Waals surface area contributed by atoms with Crippen LogP contribution >= 0.6 is 0 Å². The fourth-order valence-electron chi connectivity index (χ4n) is 1.49. The predicted molar refractivity (Wildman–Crippen MR) is 72.6 cm³/mol. The van der Waals surface area contributed by atoms with Gasteiger partial charge in [-0.2, -0.15) is 0 Å². The molecule has 0 radical (unpaired) electrons. The van der Waals surface area contributed by atoms with Crippen molar-refractivity contribution in [2.45, 2.75) is 40.2 Å². The first-order valence-corrected chi connectivity index (χ1v) is 6.45. The van der Waals surface area contributed by atoms with Gasteiger partial charge < -0.3 is 10.6 Å². The molecular weight excluding hydrogens is 228 g/mol. The first-order valence-electron chi connectivity index (χ1n) is 6.45. The lowest BCUT2D eigenvalue weighted by atomic mass is 10.0. The van der Waals surface area contributed by atoms with Gasteiger partial charge >= 0.3 is 0 Å². The average Bonchev–Trinajstić information content (AvgIpc) is 2.38. The topological polar surface area (TPSA) is 66.9 Å². The van der Waals surface area contributed by atoms with Gasteiger partial charge in [0, 0.05) is 12.6 Å². The normalized spacial score (nSPS) is 13.8. The number of hydrogen-bond donors (Lipinski definition) is 2. The molecule has 1 heterocycles. The molecule has 0 aliphatic heterocycles. The molecule has 100 valence electrons. The number of carbonyl (C=O) groups excluding carboxylic acids is 1. The van der Waals surface area contributed by atoms with Gasteiger partial charge in [-0.05, 0) is 19.8 Å². The molecule has 2 N–H and O–H groups in total. The molecular formula is C13H22N4O. The lowest BCUT2D eigenvalue weighted by Crippen LogP contribution is -2.37. The predicted octanol–water partition coefficient (Wildman–Crippen LogP) is 2.07. The second kappa shape index (κ2) is 6.93. The van der Waals surface area contributed by atoms with Crippen LogP contribution in [0.2, 0.25) is 0 Å². The van der Waals surface area contributed by atoms with Crippen molar-refractivity contribution >= 4 is 11.7 Å². The number of nitrogens with zero attached hydrogens (tertiary/aromatic N) is 2. The molecule has 0 saturated heterocycles. The Bertz CT molecular complexity index is 377. The Labute approximate surface area is 108 Å². The summed E-state index contributed by atoms with van der Waals surface area (Å²) in [7, 11) is 0. The van der Waals surface area contributed by atoms with Crippen molar-refractivity contribution in [3.05, 3.63) is 18.1 Å². The molecule has 2 atom stereocenters. The van der Waals surface area contributed by atoms with Crippen molar-refractivity contribution in [1.82, 2.24) is 15.3 Å². The van der Waals surface area contributed by atoms with Gasteiger partial charge in [0.1, 0.15) is 11.5 Å². The molecule has 1 aromatic heterocycles. The highest BCUT2D eigenvalue weighted by molar-refractivity contribution is 5.92. The number of rotatable bonds is 6. The van der Waals surface area contributed by atoms with E-state index in [1.54, 1.807) is 6.20 Å². The van der Waals surface area contributed by atoms with E-state index < -0.39 is 0 Å². The minimum absolute atomic E-state index is 0.137. The number of anilines is 1. The standard InChI is InChI=1S/C13H22N4O/c1-5-9(3)10(4)17-13(18)11-7-16-12(8-15-11)14-6-2/h7-10H,5-6H2,1-4H3,(H,14,16)(H,17,18). The molecule has 5 nitrogen and oxygen atoms in total. The maximum Gasteiger partial charge on any atom is 0.271 e. The van der Waals surface area contributed by atoms with Crippen LogP contribution in [0.4, 0.5) is 5.82 Å². The maximum absolute atomic E-state index is 11.9. The van der Waals surface area contributed by atoms with E-state index in [4.69, 9.17) is 0 Å². The van der Waals surface area contributed by atoms with E-state index >= 15 is 0 Å². The number of amides is 1. The molecule has 2 unspecified atom stereocenters. The third-order valence-electron chi connectivity index (χ3n) is 3.10. The summed E-state index contributed by atoms with van der Waals surface area (Å²) < 4.78 is 0. The van der Waals surface area contributed by atoms with Crippen molar-refractivity contribution in [2.75, 3.05) is 11.9 Å².